The highest BCUT2D eigenvalue weighted by atomic mass is 16.3. The van der Waals surface area contributed by atoms with Gasteiger partial charge in [0.2, 0.25) is 5.71 Å². The van der Waals surface area contributed by atoms with E-state index in [1.165, 1.54) is 17.5 Å². The molecule has 3 heterocycles. The quantitative estimate of drug-likeness (QED) is 0.713. The predicted molar refractivity (Wildman–Crippen MR) is 112 cm³/mol. The van der Waals surface area contributed by atoms with Crippen LogP contribution in [0.1, 0.15) is 59.3 Å². The van der Waals surface area contributed by atoms with Gasteiger partial charge in [-0.25, -0.2) is 9.97 Å². The van der Waals surface area contributed by atoms with E-state index in [4.69, 9.17) is 4.42 Å². The molecule has 1 aliphatic carbocycles. The minimum atomic E-state index is 0.00895. The predicted octanol–water partition coefficient (Wildman–Crippen LogP) is 4.43. The van der Waals surface area contributed by atoms with Crippen molar-refractivity contribution in [3.8, 4) is 0 Å². The van der Waals surface area contributed by atoms with E-state index in [1.54, 1.807) is 0 Å². The average molecular weight is 390 g/mol. The van der Waals surface area contributed by atoms with Gasteiger partial charge >= 0.3 is 0 Å². The number of hydrogen-bond acceptors (Lipinski definition) is 5. The van der Waals surface area contributed by atoms with Crippen LogP contribution in [0.4, 0.5) is 5.82 Å². The maximum Gasteiger partial charge on any atom is 0.258 e. The number of hydrogen-bond donors (Lipinski definition) is 1. The molecule has 1 N–H and O–H groups in total. The van der Waals surface area contributed by atoms with Gasteiger partial charge in [0.05, 0.1) is 10.9 Å². The van der Waals surface area contributed by atoms with Crippen molar-refractivity contribution in [1.82, 2.24) is 14.9 Å². The van der Waals surface area contributed by atoms with Crippen molar-refractivity contribution in [3.63, 3.8) is 0 Å². The highest BCUT2D eigenvalue weighted by Gasteiger charge is 2.39. The SMILES string of the molecule is Cc1ccc(C2CCN(C(=O)c3c(C)oc4ncnc(NC5(C)CC5)c34)C2)cc1. The van der Waals surface area contributed by atoms with E-state index in [0.717, 1.165) is 32.4 Å². The van der Waals surface area contributed by atoms with Crippen LogP contribution in [-0.4, -0.2) is 39.4 Å². The van der Waals surface area contributed by atoms with E-state index in [0.29, 0.717) is 34.2 Å². The Hall–Kier alpha value is -2.89. The Labute approximate surface area is 170 Å². The third-order valence-electron chi connectivity index (χ3n) is 6.32. The molecule has 1 saturated heterocycles. The Kier molecular flexibility index (Phi) is 4.12. The number of aryl methyl sites for hydroxylation is 2. The number of amides is 1. The third kappa shape index (κ3) is 3.26. The number of nitrogens with zero attached hydrogens (tertiary/aromatic N) is 3. The summed E-state index contributed by atoms with van der Waals surface area (Å²) in [5.74, 6) is 1.68. The number of nitrogens with one attached hydrogen (secondary N) is 1. The molecule has 2 aromatic heterocycles. The van der Waals surface area contributed by atoms with Crippen molar-refractivity contribution < 1.29 is 9.21 Å². The zero-order chi connectivity index (χ0) is 20.2. The molecule has 0 spiro atoms. The third-order valence-corrected chi connectivity index (χ3v) is 6.32. The van der Waals surface area contributed by atoms with Crippen LogP contribution in [0.5, 0.6) is 0 Å². The van der Waals surface area contributed by atoms with Gasteiger partial charge in [0.25, 0.3) is 5.91 Å². The van der Waals surface area contributed by atoms with Crippen LogP contribution in [0.25, 0.3) is 11.1 Å². The Morgan fingerprint density at radius 3 is 2.69 bits per heavy atom. The van der Waals surface area contributed by atoms with Crippen LogP contribution < -0.4 is 5.32 Å². The Balaban J connectivity index is 1.45. The molecule has 2 fully saturated rings. The summed E-state index contributed by atoms with van der Waals surface area (Å²) >= 11 is 0. The van der Waals surface area contributed by atoms with Crippen molar-refractivity contribution in [2.45, 2.75) is 51.5 Å². The topological polar surface area (TPSA) is 71.3 Å². The van der Waals surface area contributed by atoms with Gasteiger partial charge in [-0.3, -0.25) is 4.79 Å². The van der Waals surface area contributed by atoms with Gasteiger partial charge in [-0.1, -0.05) is 29.8 Å². The number of furan rings is 1. The normalized spacial score (nSPS) is 20.2. The summed E-state index contributed by atoms with van der Waals surface area (Å²) in [6.45, 7) is 7.57. The second-order valence-electron chi connectivity index (χ2n) is 8.77. The van der Waals surface area contributed by atoms with Crippen LogP contribution in [0.2, 0.25) is 0 Å². The molecular weight excluding hydrogens is 364 g/mol. The smallest absolute Gasteiger partial charge is 0.258 e. The number of benzene rings is 1. The van der Waals surface area contributed by atoms with E-state index in [1.807, 2.05) is 11.8 Å². The van der Waals surface area contributed by atoms with Crippen molar-refractivity contribution >= 4 is 22.8 Å². The first-order valence-electron chi connectivity index (χ1n) is 10.3. The van der Waals surface area contributed by atoms with Crippen LogP contribution in [-0.2, 0) is 0 Å². The lowest BCUT2D eigenvalue weighted by atomic mass is 9.97. The summed E-state index contributed by atoms with van der Waals surface area (Å²) in [7, 11) is 0. The molecule has 2 aliphatic rings. The molecule has 1 aliphatic heterocycles. The minimum Gasteiger partial charge on any atom is -0.442 e. The van der Waals surface area contributed by atoms with Crippen molar-refractivity contribution in [1.29, 1.82) is 0 Å². The van der Waals surface area contributed by atoms with Crippen LogP contribution in [0.15, 0.2) is 35.0 Å². The molecule has 1 amide bonds. The molecule has 1 saturated carbocycles. The molecule has 1 atom stereocenters. The Morgan fingerprint density at radius 1 is 1.21 bits per heavy atom. The van der Waals surface area contributed by atoms with Gasteiger partial charge in [-0.15, -0.1) is 0 Å². The number of likely N-dealkylation sites (tertiary alicyclic amines) is 1. The molecule has 5 rings (SSSR count). The van der Waals surface area contributed by atoms with Gasteiger partial charge < -0.3 is 14.6 Å². The fourth-order valence-corrected chi connectivity index (χ4v) is 4.21. The van der Waals surface area contributed by atoms with Gasteiger partial charge in [-0.2, -0.15) is 0 Å². The molecule has 1 aromatic carbocycles. The lowest BCUT2D eigenvalue weighted by Crippen LogP contribution is -2.29. The maximum atomic E-state index is 13.5. The number of rotatable bonds is 4. The van der Waals surface area contributed by atoms with E-state index in [9.17, 15) is 4.79 Å². The van der Waals surface area contributed by atoms with Gasteiger partial charge in [0.15, 0.2) is 0 Å². The largest absolute Gasteiger partial charge is 0.442 e. The summed E-state index contributed by atoms with van der Waals surface area (Å²) in [4.78, 5) is 24.1. The second-order valence-corrected chi connectivity index (χ2v) is 8.77. The molecule has 150 valence electrons. The fraction of sp³-hybridized carbons (Fsp3) is 0.435. The maximum absolute atomic E-state index is 13.5. The molecular formula is C23H26N4O2. The highest BCUT2D eigenvalue weighted by Crippen LogP contribution is 2.40. The number of anilines is 1. The van der Waals surface area contributed by atoms with Crippen LogP contribution >= 0.6 is 0 Å². The van der Waals surface area contributed by atoms with Crippen LogP contribution in [0.3, 0.4) is 0 Å². The van der Waals surface area contributed by atoms with E-state index in [-0.39, 0.29) is 11.4 Å². The van der Waals surface area contributed by atoms with E-state index < -0.39 is 0 Å². The lowest BCUT2D eigenvalue weighted by Gasteiger charge is -2.18. The summed E-state index contributed by atoms with van der Waals surface area (Å²) in [5.41, 5.74) is 3.67. The van der Waals surface area contributed by atoms with Crippen molar-refractivity contribution in [3.05, 3.63) is 53.0 Å². The van der Waals surface area contributed by atoms with Gasteiger partial charge in [0, 0.05) is 24.5 Å². The summed E-state index contributed by atoms with van der Waals surface area (Å²) in [6, 6.07) is 8.64. The van der Waals surface area contributed by atoms with Crippen molar-refractivity contribution in [2.24, 2.45) is 0 Å². The zero-order valence-corrected chi connectivity index (χ0v) is 17.2. The molecule has 6 nitrogen and oxygen atoms in total. The van der Waals surface area contributed by atoms with Gasteiger partial charge in [-0.05, 0) is 45.6 Å². The number of aromatic nitrogens is 2. The summed E-state index contributed by atoms with van der Waals surface area (Å²) in [5, 5.41) is 4.20. The van der Waals surface area contributed by atoms with E-state index >= 15 is 0 Å². The average Bonchev–Trinajstić information content (AvgIpc) is 3.11. The highest BCUT2D eigenvalue weighted by molar-refractivity contribution is 6.10. The number of fused-ring (bicyclic) bond motifs is 1. The van der Waals surface area contributed by atoms with Gasteiger partial charge in [0.1, 0.15) is 17.9 Å². The van der Waals surface area contributed by atoms with Crippen LogP contribution in [0, 0.1) is 13.8 Å². The second kappa shape index (κ2) is 6.58. The zero-order valence-electron chi connectivity index (χ0n) is 17.2. The van der Waals surface area contributed by atoms with Crippen molar-refractivity contribution in [2.75, 3.05) is 18.4 Å². The minimum absolute atomic E-state index is 0.00895. The molecule has 29 heavy (non-hydrogen) atoms. The Morgan fingerprint density at radius 2 is 1.97 bits per heavy atom. The standard InChI is InChI=1S/C23H26N4O2/c1-14-4-6-16(7-5-14)17-8-11-27(12-17)22(28)18-15(2)29-21-19(18)20(24-13-25-21)26-23(3)9-10-23/h4-7,13,17H,8-12H2,1-3H3,(H,24,25,26). The molecule has 0 bridgehead atoms. The molecule has 0 radical (unpaired) electrons. The summed E-state index contributed by atoms with van der Waals surface area (Å²) < 4.78 is 5.84. The Bertz CT molecular complexity index is 1080. The first-order chi connectivity index (χ1) is 13.9. The first-order valence-corrected chi connectivity index (χ1v) is 10.3. The van der Waals surface area contributed by atoms with E-state index in [2.05, 4.69) is 53.4 Å². The lowest BCUT2D eigenvalue weighted by molar-refractivity contribution is 0.0790. The molecule has 6 heteroatoms. The molecule has 3 aromatic rings. The summed E-state index contributed by atoms with van der Waals surface area (Å²) in [6.07, 6.45) is 4.67. The molecule has 1 unspecified atom stereocenters. The fourth-order valence-electron chi connectivity index (χ4n) is 4.21. The number of carbonyl (C=O) groups is 1. The first kappa shape index (κ1) is 18.2. The number of carbonyl (C=O) groups excluding carboxylic acids is 1. The monoisotopic (exact) mass is 390 g/mol.